The number of amides is 9. The molecule has 2 aliphatic heterocycles. The van der Waals surface area contributed by atoms with Crippen molar-refractivity contribution in [2.45, 2.75) is 129 Å². The van der Waals surface area contributed by atoms with Crippen molar-refractivity contribution in [2.75, 3.05) is 31.5 Å². The molecule has 82 heavy (non-hydrogen) atoms. The summed E-state index contributed by atoms with van der Waals surface area (Å²) < 4.78 is 67.7. The maximum atomic E-state index is 16.2. The van der Waals surface area contributed by atoms with E-state index in [1.807, 2.05) is 0 Å². The number of primary amides is 1. The molecule has 0 bridgehead atoms. The number of likely N-dealkylation sites (tertiary alicyclic amines) is 1. The van der Waals surface area contributed by atoms with Gasteiger partial charge in [-0.3, -0.25) is 33.7 Å². The average molecular weight is 1140 g/mol. The van der Waals surface area contributed by atoms with E-state index in [0.717, 1.165) is 40.2 Å². The van der Waals surface area contributed by atoms with Crippen LogP contribution >= 0.6 is 0 Å². The van der Waals surface area contributed by atoms with Crippen molar-refractivity contribution >= 4 is 53.3 Å². The molecule has 3 heterocycles. The lowest BCUT2D eigenvalue weighted by atomic mass is 9.84. The summed E-state index contributed by atoms with van der Waals surface area (Å²) in [6.45, 7) is 8.81. The lowest BCUT2D eigenvalue weighted by Gasteiger charge is -2.41. The third-order valence-electron chi connectivity index (χ3n) is 14.8. The SMILES string of the molecule is CC(C)[C@H](NC(=O)C1(N2C(=O)C=CC2=O)CCCC1)C(=O)N[C@@H](CCCNC(N)=O)C(=O)Nc1ccc(COC(=O)N2CC(CN(C(=O)[C@H](C)O)[C@@H](c3nc(-c4cc(F)ccc4F)cn3Cc3cccc(F)c3)C(C)(C)C)[C@@H](F)C2)cc1. The Labute approximate surface area is 472 Å². The van der Waals surface area contributed by atoms with Crippen LogP contribution in [0.1, 0.15) is 103 Å². The molecule has 9 amide bonds. The number of alkyl halides is 1. The number of benzene rings is 3. The van der Waals surface area contributed by atoms with Gasteiger partial charge in [-0.05, 0) is 97.5 Å². The van der Waals surface area contributed by atoms with E-state index in [2.05, 4.69) is 21.3 Å². The molecule has 7 N–H and O–H groups in total. The summed E-state index contributed by atoms with van der Waals surface area (Å²) >= 11 is 0. The van der Waals surface area contributed by atoms with Gasteiger partial charge < -0.3 is 51.2 Å². The second kappa shape index (κ2) is 26.2. The molecule has 20 nitrogen and oxygen atoms in total. The third kappa shape index (κ3) is 14.7. The monoisotopic (exact) mass is 1140 g/mol. The van der Waals surface area contributed by atoms with E-state index >= 15 is 8.78 Å². The van der Waals surface area contributed by atoms with Crippen molar-refractivity contribution in [1.82, 2.24) is 40.2 Å². The fourth-order valence-electron chi connectivity index (χ4n) is 10.7. The highest BCUT2D eigenvalue weighted by Crippen LogP contribution is 2.42. The number of imide groups is 1. The predicted octanol–water partition coefficient (Wildman–Crippen LogP) is 6.17. The Morgan fingerprint density at radius 1 is 0.878 bits per heavy atom. The summed E-state index contributed by atoms with van der Waals surface area (Å²) in [7, 11) is 0. The molecular formula is C58H70F4N10O10. The van der Waals surface area contributed by atoms with Gasteiger partial charge in [0.15, 0.2) is 0 Å². The van der Waals surface area contributed by atoms with Crippen LogP contribution in [0.5, 0.6) is 0 Å². The van der Waals surface area contributed by atoms with E-state index in [4.69, 9.17) is 15.5 Å². The van der Waals surface area contributed by atoms with Crippen molar-refractivity contribution in [3.63, 3.8) is 0 Å². The highest BCUT2D eigenvalue weighted by atomic mass is 19.1. The first-order valence-corrected chi connectivity index (χ1v) is 27.2. The molecule has 3 aliphatic rings. The molecule has 0 spiro atoms. The average Bonchev–Trinajstić information content (AvgIpc) is 3.18. The van der Waals surface area contributed by atoms with Crippen LogP contribution in [-0.2, 0) is 46.7 Å². The number of rotatable bonds is 22. The quantitative estimate of drug-likeness (QED) is 0.0294. The number of aliphatic hydroxyl groups excluding tert-OH is 1. The smallest absolute Gasteiger partial charge is 0.410 e. The summed E-state index contributed by atoms with van der Waals surface area (Å²) in [5.41, 5.74) is 3.87. The Kier molecular flexibility index (Phi) is 19.6. The minimum absolute atomic E-state index is 0.00370. The number of anilines is 1. The van der Waals surface area contributed by atoms with E-state index in [0.29, 0.717) is 24.0 Å². The molecule has 1 aliphatic carbocycles. The zero-order chi connectivity index (χ0) is 59.8. The number of aliphatic hydroxyl groups is 1. The number of carbonyl (C=O) groups excluding carboxylic acids is 8. The van der Waals surface area contributed by atoms with Crippen LogP contribution < -0.4 is 27.0 Å². The maximum Gasteiger partial charge on any atom is 0.410 e. The van der Waals surface area contributed by atoms with Crippen LogP contribution in [0.15, 0.2) is 85.1 Å². The highest BCUT2D eigenvalue weighted by molar-refractivity contribution is 6.16. The molecule has 1 saturated heterocycles. The molecule has 0 radical (unpaired) electrons. The summed E-state index contributed by atoms with van der Waals surface area (Å²) in [6.07, 6.45) is 1.32. The largest absolute Gasteiger partial charge is 0.445 e. The van der Waals surface area contributed by atoms with E-state index in [1.54, 1.807) is 57.4 Å². The van der Waals surface area contributed by atoms with Gasteiger partial charge in [0.05, 0.1) is 18.3 Å². The Morgan fingerprint density at radius 3 is 2.17 bits per heavy atom. The van der Waals surface area contributed by atoms with Crippen molar-refractivity contribution in [3.05, 3.63) is 119 Å². The molecule has 2 fully saturated rings. The van der Waals surface area contributed by atoms with Gasteiger partial charge in [0.2, 0.25) is 17.7 Å². The molecule has 7 rings (SSSR count). The normalized spacial score (nSPS) is 18.2. The number of ether oxygens (including phenoxy) is 1. The summed E-state index contributed by atoms with van der Waals surface area (Å²) in [4.78, 5) is 115. The zero-order valence-corrected chi connectivity index (χ0v) is 46.6. The van der Waals surface area contributed by atoms with Crippen LogP contribution in [0.25, 0.3) is 11.3 Å². The molecular weight excluding hydrogens is 1070 g/mol. The fourth-order valence-corrected chi connectivity index (χ4v) is 10.7. The van der Waals surface area contributed by atoms with Gasteiger partial charge in [-0.2, -0.15) is 0 Å². The number of nitrogens with one attached hydrogen (secondary N) is 4. The van der Waals surface area contributed by atoms with Gasteiger partial charge >= 0.3 is 12.1 Å². The van der Waals surface area contributed by atoms with Gasteiger partial charge in [-0.25, -0.2) is 32.1 Å². The second-order valence-electron chi connectivity index (χ2n) is 22.5. The lowest BCUT2D eigenvalue weighted by molar-refractivity contribution is -0.153. The number of halogens is 4. The first kappa shape index (κ1) is 61.5. The summed E-state index contributed by atoms with van der Waals surface area (Å²) in [5.74, 6) is -7.47. The van der Waals surface area contributed by atoms with Crippen molar-refractivity contribution < 1.29 is 65.8 Å². The molecule has 1 unspecified atom stereocenters. The Balaban J connectivity index is 1.01. The third-order valence-corrected chi connectivity index (χ3v) is 14.8. The van der Waals surface area contributed by atoms with Crippen LogP contribution in [0, 0.1) is 34.7 Å². The standard InChI is InChI=1S/C58H70F4N10O10/c1-33(2)48(68-54(79)58(22-7-8-23-58)72-46(74)20-21-47(72)75)52(77)67-44(13-10-24-64-55(63)80)51(76)65-40-17-14-35(15-18-40)32-82-56(81)70-28-37(43(62)30-70)29-71(53(78)34(3)73)49(57(4,5)6)50-66-45(41-26-39(60)16-19-42(41)61)31-69(50)27-36-11-9-12-38(59)25-36/h9,11-12,14-21,25-26,31,33-34,37,43-44,48-49,73H,7-8,10,13,22-24,27-30,32H2,1-6H3,(H,65,76)(H,67,77)(H,68,79)(H3,63,64,80)/t34-,37?,43-,44-,48-,49-/m0/s1. The van der Waals surface area contributed by atoms with E-state index in [1.165, 1.54) is 48.4 Å². The van der Waals surface area contributed by atoms with E-state index in [-0.39, 0.29) is 81.2 Å². The van der Waals surface area contributed by atoms with E-state index < -0.39 is 125 Å². The van der Waals surface area contributed by atoms with Crippen molar-refractivity contribution in [2.24, 2.45) is 23.0 Å². The van der Waals surface area contributed by atoms with Crippen LogP contribution in [0.2, 0.25) is 0 Å². The van der Waals surface area contributed by atoms with Crippen molar-refractivity contribution in [3.8, 4) is 11.3 Å². The number of nitrogens with two attached hydrogens (primary N) is 1. The van der Waals surface area contributed by atoms with Gasteiger partial charge in [-0.1, -0.05) is 71.7 Å². The van der Waals surface area contributed by atoms with Gasteiger partial charge in [0.1, 0.15) is 59.8 Å². The van der Waals surface area contributed by atoms with Crippen molar-refractivity contribution in [1.29, 1.82) is 0 Å². The lowest BCUT2D eigenvalue weighted by Crippen LogP contribution is -2.63. The molecule has 1 saturated carbocycles. The predicted molar refractivity (Wildman–Crippen MR) is 292 cm³/mol. The topological polar surface area (TPSA) is 268 Å². The summed E-state index contributed by atoms with van der Waals surface area (Å²) in [5, 5.41) is 21.4. The Hall–Kier alpha value is -8.15. The first-order chi connectivity index (χ1) is 38.8. The minimum atomic E-state index is -1.67. The van der Waals surface area contributed by atoms with E-state index in [9.17, 15) is 52.2 Å². The minimum Gasteiger partial charge on any atom is -0.445 e. The van der Waals surface area contributed by atoms with Crippen LogP contribution in [0.4, 0.5) is 32.8 Å². The van der Waals surface area contributed by atoms with Crippen LogP contribution in [-0.4, -0.2) is 133 Å². The van der Waals surface area contributed by atoms with Gasteiger partial charge in [0.25, 0.3) is 17.7 Å². The van der Waals surface area contributed by atoms with Gasteiger partial charge in [-0.15, -0.1) is 0 Å². The van der Waals surface area contributed by atoms with Gasteiger partial charge in [0, 0.05) is 61.7 Å². The molecule has 4 aromatic rings. The molecule has 24 heteroatoms. The fraction of sp³-hybridized carbons (Fsp3) is 0.466. The Morgan fingerprint density at radius 2 is 1.55 bits per heavy atom. The first-order valence-electron chi connectivity index (χ1n) is 27.2. The number of carbonyl (C=O) groups is 8. The summed E-state index contributed by atoms with van der Waals surface area (Å²) in [6, 6.07) is 10.5. The van der Waals surface area contributed by atoms with Crippen LogP contribution in [0.3, 0.4) is 0 Å². The number of hydrogen-bond acceptors (Lipinski definition) is 11. The number of aromatic nitrogens is 2. The molecule has 1 aromatic heterocycles. The molecule has 3 aromatic carbocycles. The Bertz CT molecular complexity index is 3050. The number of nitrogens with zero attached hydrogens (tertiary/aromatic N) is 5. The highest BCUT2D eigenvalue weighted by Gasteiger charge is 2.53. The molecule has 440 valence electrons. The zero-order valence-electron chi connectivity index (χ0n) is 46.6. The number of hydrogen-bond donors (Lipinski definition) is 6. The second-order valence-corrected chi connectivity index (χ2v) is 22.5. The number of urea groups is 1. The maximum absolute atomic E-state index is 16.2. The molecule has 6 atom stereocenters. The number of imidazole rings is 1.